The van der Waals surface area contributed by atoms with Crippen LogP contribution in [-0.2, 0) is 16.2 Å². The summed E-state index contributed by atoms with van der Waals surface area (Å²) in [6.45, 7) is 7.64. The molecule has 1 fully saturated rings. The number of piperidine rings is 1. The lowest BCUT2D eigenvalue weighted by Gasteiger charge is -2.35. The number of sulfonamides is 1. The molecule has 0 saturated carbocycles. The first-order valence-electron chi connectivity index (χ1n) is 8.67. The van der Waals surface area contributed by atoms with Gasteiger partial charge in [0.1, 0.15) is 0 Å². The van der Waals surface area contributed by atoms with Crippen molar-refractivity contribution >= 4 is 15.7 Å². The molecule has 1 heterocycles. The summed E-state index contributed by atoms with van der Waals surface area (Å²) in [5.41, 5.74) is -1.16. The second kappa shape index (κ2) is 8.14. The lowest BCUT2D eigenvalue weighted by atomic mass is 9.92. The van der Waals surface area contributed by atoms with Crippen LogP contribution in [0.1, 0.15) is 32.3 Å². The van der Waals surface area contributed by atoms with Gasteiger partial charge in [0, 0.05) is 25.3 Å². The van der Waals surface area contributed by atoms with Crippen LogP contribution in [0.15, 0.2) is 23.1 Å². The second-order valence-electron chi connectivity index (χ2n) is 7.24. The van der Waals surface area contributed by atoms with Crippen LogP contribution in [0.25, 0.3) is 0 Å². The largest absolute Gasteiger partial charge is 0.418 e. The van der Waals surface area contributed by atoms with Crippen molar-refractivity contribution in [2.24, 2.45) is 17.0 Å². The van der Waals surface area contributed by atoms with E-state index < -0.39 is 26.7 Å². The molecule has 1 saturated heterocycles. The molecule has 0 amide bonds. The Morgan fingerprint density at radius 3 is 2.38 bits per heavy atom. The van der Waals surface area contributed by atoms with Crippen molar-refractivity contribution in [3.8, 4) is 0 Å². The van der Waals surface area contributed by atoms with Gasteiger partial charge in [0.2, 0.25) is 10.0 Å². The van der Waals surface area contributed by atoms with Crippen molar-refractivity contribution in [1.82, 2.24) is 4.90 Å². The van der Waals surface area contributed by atoms with Gasteiger partial charge in [-0.05, 0) is 49.4 Å². The van der Waals surface area contributed by atoms with E-state index in [0.717, 1.165) is 31.8 Å². The van der Waals surface area contributed by atoms with Gasteiger partial charge in [-0.25, -0.2) is 13.6 Å². The van der Waals surface area contributed by atoms with E-state index in [1.165, 1.54) is 6.42 Å². The lowest BCUT2D eigenvalue weighted by molar-refractivity contribution is -0.137. The third-order valence-electron chi connectivity index (χ3n) is 4.54. The smallest absolute Gasteiger partial charge is 0.385 e. The molecule has 148 valence electrons. The Morgan fingerprint density at radius 2 is 1.85 bits per heavy atom. The third kappa shape index (κ3) is 5.85. The summed E-state index contributed by atoms with van der Waals surface area (Å²) in [7, 11) is -4.19. The maximum Gasteiger partial charge on any atom is 0.418 e. The molecule has 5 nitrogen and oxygen atoms in total. The number of benzene rings is 1. The van der Waals surface area contributed by atoms with Gasteiger partial charge in [-0.2, -0.15) is 13.2 Å². The molecule has 2 unspecified atom stereocenters. The summed E-state index contributed by atoms with van der Waals surface area (Å²) >= 11 is 0. The summed E-state index contributed by atoms with van der Waals surface area (Å²) in [5.74, 6) is 1.27. The van der Waals surface area contributed by atoms with Crippen LogP contribution in [0.3, 0.4) is 0 Å². The van der Waals surface area contributed by atoms with E-state index >= 15 is 0 Å². The maximum atomic E-state index is 13.2. The fraction of sp³-hybridized carbons (Fsp3) is 0.647. The number of nitrogens with one attached hydrogen (secondary N) is 1. The number of nitrogens with zero attached hydrogens (tertiary/aromatic N) is 1. The quantitative estimate of drug-likeness (QED) is 0.728. The molecule has 0 spiro atoms. The number of anilines is 1. The van der Waals surface area contributed by atoms with E-state index in [4.69, 9.17) is 5.14 Å². The van der Waals surface area contributed by atoms with Gasteiger partial charge in [-0.1, -0.05) is 13.8 Å². The number of likely N-dealkylation sites (tertiary alicyclic amines) is 1. The molecule has 1 aliphatic heterocycles. The van der Waals surface area contributed by atoms with E-state index in [2.05, 4.69) is 24.1 Å². The van der Waals surface area contributed by atoms with Gasteiger partial charge in [-0.3, -0.25) is 0 Å². The first kappa shape index (κ1) is 21.0. The molecule has 1 aliphatic rings. The van der Waals surface area contributed by atoms with Crippen molar-refractivity contribution < 1.29 is 21.6 Å². The van der Waals surface area contributed by atoms with Gasteiger partial charge in [0.15, 0.2) is 0 Å². The minimum Gasteiger partial charge on any atom is -0.385 e. The number of halogens is 3. The highest BCUT2D eigenvalue weighted by Crippen LogP contribution is 2.36. The van der Waals surface area contributed by atoms with Crippen LogP contribution >= 0.6 is 0 Å². The van der Waals surface area contributed by atoms with E-state index in [9.17, 15) is 21.6 Å². The second-order valence-corrected chi connectivity index (χ2v) is 8.80. The molecule has 1 aromatic rings. The molecule has 0 bridgehead atoms. The first-order chi connectivity index (χ1) is 12.0. The molecule has 3 N–H and O–H groups in total. The number of alkyl halides is 3. The minimum absolute atomic E-state index is 0.134. The fourth-order valence-corrected chi connectivity index (χ4v) is 4.13. The van der Waals surface area contributed by atoms with Crippen LogP contribution in [-0.4, -0.2) is 39.5 Å². The highest BCUT2D eigenvalue weighted by molar-refractivity contribution is 7.89. The van der Waals surface area contributed by atoms with Gasteiger partial charge in [0.25, 0.3) is 0 Å². The van der Waals surface area contributed by atoms with Crippen LogP contribution < -0.4 is 10.5 Å². The Hall–Kier alpha value is -1.32. The predicted molar refractivity (Wildman–Crippen MR) is 95.3 cm³/mol. The zero-order chi connectivity index (χ0) is 19.5. The van der Waals surface area contributed by atoms with Crippen molar-refractivity contribution in [1.29, 1.82) is 0 Å². The lowest BCUT2D eigenvalue weighted by Crippen LogP contribution is -2.39. The van der Waals surface area contributed by atoms with Crippen molar-refractivity contribution in [3.05, 3.63) is 23.8 Å². The molecule has 2 rings (SSSR count). The molecular formula is C17H26F3N3O2S. The van der Waals surface area contributed by atoms with Crippen molar-refractivity contribution in [2.45, 2.75) is 37.8 Å². The SMILES string of the molecule is CC1CC(C)CN(CCCNc2ccc(S(N)(=O)=O)cc2C(F)(F)F)C1. The standard InChI is InChI=1S/C17H26F3N3O2S/c1-12-8-13(2)11-23(10-12)7-3-6-22-16-5-4-14(26(21,24)25)9-15(16)17(18,19)20/h4-5,9,12-13,22H,3,6-8,10-11H2,1-2H3,(H2,21,24,25). The summed E-state index contributed by atoms with van der Waals surface area (Å²) in [4.78, 5) is 1.79. The number of nitrogens with two attached hydrogens (primary N) is 1. The van der Waals surface area contributed by atoms with Crippen LogP contribution in [0.2, 0.25) is 0 Å². The fourth-order valence-electron chi connectivity index (χ4n) is 3.59. The monoisotopic (exact) mass is 393 g/mol. The summed E-state index contributed by atoms with van der Waals surface area (Å²) in [6, 6.07) is 2.78. The summed E-state index contributed by atoms with van der Waals surface area (Å²) < 4.78 is 62.2. The average Bonchev–Trinajstić information content (AvgIpc) is 2.48. The van der Waals surface area contributed by atoms with Crippen LogP contribution in [0, 0.1) is 11.8 Å². The Kier molecular flexibility index (Phi) is 6.57. The Morgan fingerprint density at radius 1 is 1.23 bits per heavy atom. The van der Waals surface area contributed by atoms with E-state index in [1.807, 2.05) is 0 Å². The first-order valence-corrected chi connectivity index (χ1v) is 10.2. The zero-order valence-corrected chi connectivity index (χ0v) is 15.8. The van der Waals surface area contributed by atoms with Crippen LogP contribution in [0.4, 0.5) is 18.9 Å². The van der Waals surface area contributed by atoms with Crippen molar-refractivity contribution in [3.63, 3.8) is 0 Å². The minimum atomic E-state index is -4.67. The predicted octanol–water partition coefficient (Wildman–Crippen LogP) is 3.13. The molecule has 0 aromatic heterocycles. The summed E-state index contributed by atoms with van der Waals surface area (Å²) in [5, 5.41) is 7.70. The molecule has 0 radical (unpaired) electrons. The Labute approximate surface area is 152 Å². The van der Waals surface area contributed by atoms with Crippen LogP contribution in [0.5, 0.6) is 0 Å². The Balaban J connectivity index is 1.98. The average molecular weight is 393 g/mol. The third-order valence-corrected chi connectivity index (χ3v) is 5.45. The topological polar surface area (TPSA) is 75.4 Å². The Bertz CT molecular complexity index is 712. The molecule has 2 atom stereocenters. The zero-order valence-electron chi connectivity index (χ0n) is 15.0. The number of hydrogen-bond donors (Lipinski definition) is 2. The van der Waals surface area contributed by atoms with Gasteiger partial charge >= 0.3 is 6.18 Å². The number of rotatable bonds is 6. The van der Waals surface area contributed by atoms with E-state index in [-0.39, 0.29) is 5.69 Å². The highest BCUT2D eigenvalue weighted by Gasteiger charge is 2.34. The molecule has 0 aliphatic carbocycles. The van der Waals surface area contributed by atoms with Crippen molar-refractivity contribution in [2.75, 3.05) is 31.5 Å². The summed E-state index contributed by atoms with van der Waals surface area (Å²) in [6.07, 6.45) is -2.76. The highest BCUT2D eigenvalue weighted by atomic mass is 32.2. The normalized spacial score (nSPS) is 22.4. The number of primary sulfonamides is 1. The molecule has 1 aromatic carbocycles. The van der Waals surface area contributed by atoms with Gasteiger partial charge < -0.3 is 10.2 Å². The van der Waals surface area contributed by atoms with Gasteiger partial charge in [0.05, 0.1) is 10.5 Å². The molecule has 26 heavy (non-hydrogen) atoms. The van der Waals surface area contributed by atoms with E-state index in [1.54, 1.807) is 0 Å². The maximum absolute atomic E-state index is 13.2. The molecular weight excluding hydrogens is 367 g/mol. The van der Waals surface area contributed by atoms with Gasteiger partial charge in [-0.15, -0.1) is 0 Å². The number of hydrogen-bond acceptors (Lipinski definition) is 4. The van der Waals surface area contributed by atoms with E-state index in [0.29, 0.717) is 30.9 Å². The molecule has 9 heteroatoms.